The van der Waals surface area contributed by atoms with Gasteiger partial charge >= 0.3 is 6.18 Å². The van der Waals surface area contributed by atoms with E-state index in [0.717, 1.165) is 23.2 Å². The maximum absolute atomic E-state index is 15.5. The van der Waals surface area contributed by atoms with Crippen LogP contribution in [0, 0.1) is 11.6 Å². The van der Waals surface area contributed by atoms with E-state index >= 15 is 8.78 Å². The van der Waals surface area contributed by atoms with Gasteiger partial charge < -0.3 is 30.1 Å². The molecule has 2 aliphatic rings. The van der Waals surface area contributed by atoms with Gasteiger partial charge in [-0.1, -0.05) is 12.1 Å². The molecular weight excluding hydrogens is 727 g/mol. The zero-order valence-corrected chi connectivity index (χ0v) is 29.7. The number of ether oxygens (including phenoxy) is 2. The van der Waals surface area contributed by atoms with E-state index in [2.05, 4.69) is 10.3 Å². The Balaban J connectivity index is 1.36. The number of thioether (sulfide) groups is 1. The predicted octanol–water partition coefficient (Wildman–Crippen LogP) is 5.86. The van der Waals surface area contributed by atoms with Crippen LogP contribution in [-0.4, -0.2) is 93.0 Å². The van der Waals surface area contributed by atoms with Crippen LogP contribution in [0.2, 0.25) is 0 Å². The van der Waals surface area contributed by atoms with E-state index in [-0.39, 0.29) is 54.5 Å². The summed E-state index contributed by atoms with van der Waals surface area (Å²) < 4.78 is 82.4. The van der Waals surface area contributed by atoms with Crippen molar-refractivity contribution in [1.29, 1.82) is 0 Å². The van der Waals surface area contributed by atoms with Gasteiger partial charge in [-0.3, -0.25) is 14.6 Å². The van der Waals surface area contributed by atoms with Gasteiger partial charge in [-0.2, -0.15) is 17.6 Å². The highest BCUT2D eigenvalue weighted by atomic mass is 32.2. The Labute approximate surface area is 306 Å². The number of carbonyl (C=O) groups is 2. The van der Waals surface area contributed by atoms with Crippen LogP contribution in [0.25, 0.3) is 11.1 Å². The van der Waals surface area contributed by atoms with Crippen molar-refractivity contribution in [2.24, 2.45) is 0 Å². The summed E-state index contributed by atoms with van der Waals surface area (Å²) in [6, 6.07) is 8.28. The summed E-state index contributed by atoms with van der Waals surface area (Å²) in [4.78, 5) is 32.1. The van der Waals surface area contributed by atoms with Gasteiger partial charge in [-0.25, -0.2) is 14.4 Å². The molecule has 0 spiro atoms. The maximum atomic E-state index is 15.5. The van der Waals surface area contributed by atoms with Crippen LogP contribution in [0.3, 0.4) is 0 Å². The van der Waals surface area contributed by atoms with Crippen molar-refractivity contribution in [3.05, 3.63) is 82.8 Å². The van der Waals surface area contributed by atoms with Crippen LogP contribution in [0.1, 0.15) is 43.7 Å². The third-order valence-corrected chi connectivity index (χ3v) is 9.74. The molecule has 1 saturated heterocycles. The van der Waals surface area contributed by atoms with Crippen LogP contribution < -0.4 is 10.1 Å². The number of anilines is 1. The molecule has 3 heterocycles. The molecule has 11 nitrogen and oxygen atoms in total. The number of hydrogen-bond donors (Lipinski definition) is 4. The molecule has 1 fully saturated rings. The van der Waals surface area contributed by atoms with E-state index in [1.54, 1.807) is 25.3 Å². The van der Waals surface area contributed by atoms with Gasteiger partial charge in [0.15, 0.2) is 11.6 Å². The topological polar surface area (TPSA) is 145 Å². The van der Waals surface area contributed by atoms with E-state index in [1.807, 2.05) is 0 Å². The fourth-order valence-corrected chi connectivity index (χ4v) is 6.55. The van der Waals surface area contributed by atoms with Crippen LogP contribution in [0.15, 0.2) is 65.0 Å². The van der Waals surface area contributed by atoms with Gasteiger partial charge in [0, 0.05) is 41.7 Å². The molecule has 4 N–H and O–H groups in total. The summed E-state index contributed by atoms with van der Waals surface area (Å²) in [6.07, 6.45) is -0.859. The van der Waals surface area contributed by atoms with Gasteiger partial charge in [0.1, 0.15) is 17.4 Å². The fraction of sp³-hybridized carbons (Fsp3) is 0.417. The number of aliphatic hydroxyl groups is 3. The van der Waals surface area contributed by atoms with Crippen molar-refractivity contribution in [1.82, 2.24) is 15.0 Å². The quantitative estimate of drug-likeness (QED) is 0.0643. The fourth-order valence-electron chi connectivity index (χ4n) is 6.19. The van der Waals surface area contributed by atoms with Crippen molar-refractivity contribution < 1.29 is 56.3 Å². The predicted molar refractivity (Wildman–Crippen MR) is 185 cm³/mol. The monoisotopic (exact) mass is 766 g/mol. The Morgan fingerprint density at radius 2 is 1.87 bits per heavy atom. The molecule has 2 aromatic carbocycles. The number of aromatic nitrogens is 1. The Kier molecular flexibility index (Phi) is 12.7. The van der Waals surface area contributed by atoms with E-state index in [9.17, 15) is 33.0 Å². The first-order valence-electron chi connectivity index (χ1n) is 16.7. The summed E-state index contributed by atoms with van der Waals surface area (Å²) in [5.41, 5.74) is -3.06. The lowest BCUT2D eigenvalue weighted by atomic mass is 9.90. The highest BCUT2D eigenvalue weighted by Gasteiger charge is 2.53. The van der Waals surface area contributed by atoms with Crippen LogP contribution in [0.5, 0.6) is 5.75 Å². The molecule has 1 unspecified atom stereocenters. The first-order valence-corrected chi connectivity index (χ1v) is 17.9. The molecule has 2 amide bonds. The third-order valence-electron chi connectivity index (χ3n) is 9.08. The number of hydrazine groups is 1. The van der Waals surface area contributed by atoms with Gasteiger partial charge in [0.05, 0.1) is 42.5 Å². The molecule has 0 saturated carbocycles. The first-order chi connectivity index (χ1) is 25.2. The summed E-state index contributed by atoms with van der Waals surface area (Å²) in [5.74, 6) is -5.61. The number of hydrogen-bond acceptors (Lipinski definition) is 10. The van der Waals surface area contributed by atoms with Gasteiger partial charge in [0.2, 0.25) is 5.82 Å². The number of halogens is 5. The number of unbranched alkanes of at least 4 members (excludes halogenated alkanes) is 1. The average molecular weight is 767 g/mol. The first kappa shape index (κ1) is 39.9. The van der Waals surface area contributed by atoms with Crippen molar-refractivity contribution in [2.75, 3.05) is 44.5 Å². The highest BCUT2D eigenvalue weighted by molar-refractivity contribution is 7.98. The number of aliphatic hydroxyl groups excluding tert-OH is 3. The molecule has 1 aromatic heterocycles. The second-order valence-corrected chi connectivity index (χ2v) is 13.5. The number of nitrogens with zero attached hydrogens (tertiary/aromatic N) is 3. The van der Waals surface area contributed by atoms with Crippen molar-refractivity contribution in [2.45, 2.75) is 62.0 Å². The molecule has 2 aliphatic heterocycles. The van der Waals surface area contributed by atoms with E-state index < -0.39 is 71.3 Å². The minimum Gasteiger partial charge on any atom is -0.509 e. The number of amides is 2. The number of pyridine rings is 1. The molecule has 2 atom stereocenters. The number of nitrogens with one attached hydrogen (secondary N) is 1. The number of benzene rings is 2. The van der Waals surface area contributed by atoms with Gasteiger partial charge in [0.25, 0.3) is 11.8 Å². The Hall–Kier alpha value is -4.29. The lowest BCUT2D eigenvalue weighted by Crippen LogP contribution is -2.60. The van der Waals surface area contributed by atoms with Crippen molar-refractivity contribution in [3.63, 3.8) is 0 Å². The molecule has 286 valence electrons. The number of fused-ring (bicyclic) bond motifs is 1. The lowest BCUT2D eigenvalue weighted by molar-refractivity contribution is -0.160. The minimum absolute atomic E-state index is 0.0290. The second-order valence-electron chi connectivity index (χ2n) is 12.7. The molecule has 0 radical (unpaired) electrons. The number of carbonyl (C=O) groups excluding carboxylic acids is 2. The van der Waals surface area contributed by atoms with Gasteiger partial charge in [-0.05, 0) is 69.2 Å². The SMILES string of the molecule is CSc1ccc(-c2cc(C(F)(F)F)ccc2NC(=O)C2=C(O)[C@@]3(C)CCCN3N(Cc3ccc(OCCCCOCC(O)CO)c(F)c3F)C2=O)cn1. The molecule has 53 heavy (non-hydrogen) atoms. The summed E-state index contributed by atoms with van der Waals surface area (Å²) in [6.45, 7) is 1.15. The molecule has 5 rings (SSSR count). The molecule has 17 heteroatoms. The molecular formula is C36H39F5N4O7S. The largest absolute Gasteiger partial charge is 0.509 e. The van der Waals surface area contributed by atoms with E-state index in [0.29, 0.717) is 30.7 Å². The maximum Gasteiger partial charge on any atom is 0.416 e. The average Bonchev–Trinajstić information content (AvgIpc) is 3.54. The third kappa shape index (κ3) is 8.75. The summed E-state index contributed by atoms with van der Waals surface area (Å²) >= 11 is 1.32. The summed E-state index contributed by atoms with van der Waals surface area (Å²) in [7, 11) is 0. The Bertz CT molecular complexity index is 1850. The summed E-state index contributed by atoms with van der Waals surface area (Å²) in [5, 5.41) is 35.2. The minimum atomic E-state index is -4.70. The Morgan fingerprint density at radius 3 is 2.55 bits per heavy atom. The van der Waals surface area contributed by atoms with Crippen molar-refractivity contribution in [3.8, 4) is 16.9 Å². The second kappa shape index (κ2) is 16.8. The van der Waals surface area contributed by atoms with Gasteiger partial charge in [-0.15, -0.1) is 11.8 Å². The normalized spacial score (nSPS) is 18.4. The standard InChI is InChI=1S/C36H39F5N4O7S/c1-35-12-5-13-45(35)44(18-22-6-10-27(31(38)30(22)37)52-15-4-3-14-51-20-24(47)19-46)34(50)29(32(35)48)33(49)43-26-9-8-23(36(39,40)41)16-25(26)21-7-11-28(53-2)42-17-21/h6-11,16-17,24,46-48H,3-5,12-15,18-20H2,1-2H3,(H,43,49)/t24?,35-/m1/s1. The zero-order chi connectivity index (χ0) is 38.5. The highest BCUT2D eigenvalue weighted by Crippen LogP contribution is 2.43. The smallest absolute Gasteiger partial charge is 0.416 e. The number of rotatable bonds is 15. The Morgan fingerprint density at radius 1 is 1.11 bits per heavy atom. The number of alkyl halides is 3. The van der Waals surface area contributed by atoms with Crippen LogP contribution >= 0.6 is 11.8 Å². The van der Waals surface area contributed by atoms with Crippen molar-refractivity contribution >= 4 is 29.3 Å². The molecule has 0 bridgehead atoms. The van der Waals surface area contributed by atoms with Crippen LogP contribution in [0.4, 0.5) is 27.6 Å². The molecule has 3 aromatic rings. The zero-order valence-electron chi connectivity index (χ0n) is 28.9. The van der Waals surface area contributed by atoms with E-state index in [4.69, 9.17) is 14.6 Å². The molecule has 0 aliphatic carbocycles. The van der Waals surface area contributed by atoms with Crippen LogP contribution in [-0.2, 0) is 27.0 Å². The van der Waals surface area contributed by atoms with E-state index in [1.165, 1.54) is 35.1 Å². The lowest BCUT2D eigenvalue weighted by Gasteiger charge is -2.46.